The van der Waals surface area contributed by atoms with Gasteiger partial charge in [0.25, 0.3) is 0 Å². The van der Waals surface area contributed by atoms with Crippen LogP contribution in [-0.2, 0) is 4.74 Å². The Morgan fingerprint density at radius 1 is 1.50 bits per heavy atom. The monoisotopic (exact) mass is 199 g/mol. The maximum absolute atomic E-state index is 8.69. The standard InChI is InChI=1S/C11H21NO2/c1-2-12-8-10(14-7-3-6-13)11(9-12)4-5-11/h10,13H,2-9H2,1H3. The minimum Gasteiger partial charge on any atom is -0.396 e. The third kappa shape index (κ3) is 1.95. The molecule has 1 aliphatic carbocycles. The third-order valence-corrected chi connectivity index (χ3v) is 3.61. The molecule has 2 rings (SSSR count). The zero-order valence-electron chi connectivity index (χ0n) is 9.04. The second kappa shape index (κ2) is 4.17. The van der Waals surface area contributed by atoms with Gasteiger partial charge in [0.2, 0.25) is 0 Å². The van der Waals surface area contributed by atoms with Crippen LogP contribution in [0.3, 0.4) is 0 Å². The first-order valence-corrected chi connectivity index (χ1v) is 5.75. The lowest BCUT2D eigenvalue weighted by Crippen LogP contribution is -2.25. The second-order valence-corrected chi connectivity index (χ2v) is 4.63. The molecule has 3 nitrogen and oxygen atoms in total. The first-order chi connectivity index (χ1) is 6.80. The molecule has 1 N–H and O–H groups in total. The van der Waals surface area contributed by atoms with Gasteiger partial charge in [-0.2, -0.15) is 0 Å². The van der Waals surface area contributed by atoms with Crippen LogP contribution < -0.4 is 0 Å². The van der Waals surface area contributed by atoms with Gasteiger partial charge in [0.15, 0.2) is 0 Å². The highest BCUT2D eigenvalue weighted by Gasteiger charge is 2.55. The first-order valence-electron chi connectivity index (χ1n) is 5.75. The van der Waals surface area contributed by atoms with Gasteiger partial charge in [-0.1, -0.05) is 6.92 Å². The van der Waals surface area contributed by atoms with Crippen LogP contribution >= 0.6 is 0 Å². The first kappa shape index (κ1) is 10.4. The minimum atomic E-state index is 0.247. The molecule has 0 aromatic heterocycles. The van der Waals surface area contributed by atoms with Gasteiger partial charge < -0.3 is 14.7 Å². The summed E-state index contributed by atoms with van der Waals surface area (Å²) in [5.41, 5.74) is 0.505. The fourth-order valence-electron chi connectivity index (χ4n) is 2.44. The van der Waals surface area contributed by atoms with E-state index in [1.165, 1.54) is 19.4 Å². The van der Waals surface area contributed by atoms with Crippen molar-refractivity contribution >= 4 is 0 Å². The highest BCUT2D eigenvalue weighted by Crippen LogP contribution is 2.53. The molecule has 1 unspecified atom stereocenters. The van der Waals surface area contributed by atoms with Gasteiger partial charge in [0, 0.05) is 31.7 Å². The Bertz CT molecular complexity index is 192. The van der Waals surface area contributed by atoms with E-state index >= 15 is 0 Å². The van der Waals surface area contributed by atoms with Crippen LogP contribution in [0.2, 0.25) is 0 Å². The van der Waals surface area contributed by atoms with Crippen LogP contribution in [0.25, 0.3) is 0 Å². The Labute approximate surface area is 86.0 Å². The summed E-state index contributed by atoms with van der Waals surface area (Å²) in [4.78, 5) is 2.48. The van der Waals surface area contributed by atoms with Crippen molar-refractivity contribution in [2.45, 2.75) is 32.3 Å². The average Bonchev–Trinajstić information content (AvgIpc) is 2.86. The van der Waals surface area contributed by atoms with E-state index in [0.29, 0.717) is 11.5 Å². The van der Waals surface area contributed by atoms with E-state index in [4.69, 9.17) is 9.84 Å². The summed E-state index contributed by atoms with van der Waals surface area (Å²) < 4.78 is 5.85. The van der Waals surface area contributed by atoms with Gasteiger partial charge in [-0.25, -0.2) is 0 Å². The van der Waals surface area contributed by atoms with Crippen molar-refractivity contribution in [3.8, 4) is 0 Å². The van der Waals surface area contributed by atoms with Crippen molar-refractivity contribution < 1.29 is 9.84 Å². The number of ether oxygens (including phenoxy) is 1. The van der Waals surface area contributed by atoms with Crippen molar-refractivity contribution in [1.29, 1.82) is 0 Å². The number of aliphatic hydroxyl groups excluding tert-OH is 1. The van der Waals surface area contributed by atoms with Gasteiger partial charge in [0.1, 0.15) is 0 Å². The molecule has 1 saturated heterocycles. The molecule has 0 radical (unpaired) electrons. The molecule has 1 aliphatic heterocycles. The lowest BCUT2D eigenvalue weighted by Gasteiger charge is -2.17. The van der Waals surface area contributed by atoms with Crippen molar-refractivity contribution in [2.75, 3.05) is 32.8 Å². The van der Waals surface area contributed by atoms with Gasteiger partial charge in [-0.05, 0) is 25.8 Å². The lowest BCUT2D eigenvalue weighted by atomic mass is 10.0. The summed E-state index contributed by atoms with van der Waals surface area (Å²) in [5.74, 6) is 0. The van der Waals surface area contributed by atoms with Crippen molar-refractivity contribution in [1.82, 2.24) is 4.90 Å². The summed E-state index contributed by atoms with van der Waals surface area (Å²) in [7, 11) is 0. The summed E-state index contributed by atoms with van der Waals surface area (Å²) in [6.07, 6.45) is 3.90. The van der Waals surface area contributed by atoms with Crippen LogP contribution in [0, 0.1) is 5.41 Å². The van der Waals surface area contributed by atoms with E-state index in [1.54, 1.807) is 0 Å². The quantitative estimate of drug-likeness (QED) is 0.667. The predicted molar refractivity (Wildman–Crippen MR) is 55.2 cm³/mol. The SMILES string of the molecule is CCN1CC(OCCCO)C2(CC2)C1. The van der Waals surface area contributed by atoms with Crippen molar-refractivity contribution in [2.24, 2.45) is 5.41 Å². The molecule has 14 heavy (non-hydrogen) atoms. The smallest absolute Gasteiger partial charge is 0.0770 e. The molecule has 3 heteroatoms. The normalized spacial score (nSPS) is 30.0. The Balaban J connectivity index is 1.80. The van der Waals surface area contributed by atoms with E-state index < -0.39 is 0 Å². The second-order valence-electron chi connectivity index (χ2n) is 4.63. The summed E-state index contributed by atoms with van der Waals surface area (Å²) in [6, 6.07) is 0. The number of rotatable bonds is 5. The van der Waals surface area contributed by atoms with Gasteiger partial charge >= 0.3 is 0 Å². The number of hydrogen-bond acceptors (Lipinski definition) is 3. The Hall–Kier alpha value is -0.120. The van der Waals surface area contributed by atoms with Gasteiger partial charge in [-0.15, -0.1) is 0 Å². The van der Waals surface area contributed by atoms with E-state index in [0.717, 1.165) is 26.1 Å². The largest absolute Gasteiger partial charge is 0.396 e. The van der Waals surface area contributed by atoms with E-state index in [-0.39, 0.29) is 6.61 Å². The summed E-state index contributed by atoms with van der Waals surface area (Å²) in [5, 5.41) is 8.69. The van der Waals surface area contributed by atoms with Gasteiger partial charge in [-0.3, -0.25) is 0 Å². The van der Waals surface area contributed by atoms with Crippen LogP contribution in [0.15, 0.2) is 0 Å². The molecular formula is C11H21NO2. The Morgan fingerprint density at radius 2 is 2.29 bits per heavy atom. The Morgan fingerprint density at radius 3 is 2.86 bits per heavy atom. The number of likely N-dealkylation sites (tertiary alicyclic amines) is 1. The van der Waals surface area contributed by atoms with Crippen molar-refractivity contribution in [3.63, 3.8) is 0 Å². The van der Waals surface area contributed by atoms with Crippen LogP contribution in [0.5, 0.6) is 0 Å². The molecule has 0 amide bonds. The predicted octanol–water partition coefficient (Wildman–Crippen LogP) is 0.870. The van der Waals surface area contributed by atoms with E-state index in [1.807, 2.05) is 0 Å². The minimum absolute atomic E-state index is 0.247. The topological polar surface area (TPSA) is 32.7 Å². The number of aliphatic hydroxyl groups is 1. The molecule has 2 aliphatic rings. The molecule has 1 atom stereocenters. The summed E-state index contributed by atoms with van der Waals surface area (Å²) >= 11 is 0. The fourth-order valence-corrected chi connectivity index (χ4v) is 2.44. The van der Waals surface area contributed by atoms with Gasteiger partial charge in [0.05, 0.1) is 6.10 Å². The molecule has 2 fully saturated rings. The number of hydrogen-bond donors (Lipinski definition) is 1. The highest BCUT2D eigenvalue weighted by molar-refractivity contribution is 5.07. The highest BCUT2D eigenvalue weighted by atomic mass is 16.5. The zero-order valence-corrected chi connectivity index (χ0v) is 9.04. The number of nitrogens with zero attached hydrogens (tertiary/aromatic N) is 1. The molecule has 0 aromatic rings. The Kier molecular flexibility index (Phi) is 3.10. The fraction of sp³-hybridized carbons (Fsp3) is 1.00. The van der Waals surface area contributed by atoms with Crippen LogP contribution in [0.1, 0.15) is 26.2 Å². The maximum atomic E-state index is 8.69. The summed E-state index contributed by atoms with van der Waals surface area (Å²) in [6.45, 7) is 6.65. The van der Waals surface area contributed by atoms with E-state index in [2.05, 4.69) is 11.8 Å². The molecule has 0 bridgehead atoms. The molecule has 1 spiro atoms. The third-order valence-electron chi connectivity index (χ3n) is 3.61. The molecule has 1 saturated carbocycles. The molecular weight excluding hydrogens is 178 g/mol. The van der Waals surface area contributed by atoms with Crippen molar-refractivity contribution in [3.05, 3.63) is 0 Å². The maximum Gasteiger partial charge on any atom is 0.0770 e. The van der Waals surface area contributed by atoms with Crippen LogP contribution in [-0.4, -0.2) is 49.0 Å². The van der Waals surface area contributed by atoms with Crippen LogP contribution in [0.4, 0.5) is 0 Å². The average molecular weight is 199 g/mol. The number of likely N-dealkylation sites (N-methyl/N-ethyl adjacent to an activating group) is 1. The lowest BCUT2D eigenvalue weighted by molar-refractivity contribution is 0.0196. The molecule has 1 heterocycles. The molecule has 0 aromatic carbocycles. The zero-order chi connectivity index (χ0) is 10.0. The molecule has 82 valence electrons. The van der Waals surface area contributed by atoms with E-state index in [9.17, 15) is 0 Å².